The van der Waals surface area contributed by atoms with Gasteiger partial charge in [0.1, 0.15) is 0 Å². The van der Waals surface area contributed by atoms with Crippen molar-refractivity contribution in [3.63, 3.8) is 0 Å². The normalized spacial score (nSPS) is 17.2. The van der Waals surface area contributed by atoms with Crippen LogP contribution in [0.25, 0.3) is 0 Å². The quantitative estimate of drug-likeness (QED) is 0.787. The number of likely N-dealkylation sites (tertiary alicyclic amines) is 1. The zero-order valence-corrected chi connectivity index (χ0v) is 10.3. The maximum absolute atomic E-state index is 9.06. The summed E-state index contributed by atoms with van der Waals surface area (Å²) in [5.74, 6) is 0.495. The third-order valence-corrected chi connectivity index (χ3v) is 3.45. The Kier molecular flexibility index (Phi) is 3.18. The molecule has 0 atom stereocenters. The van der Waals surface area contributed by atoms with Gasteiger partial charge in [0.05, 0.1) is 11.6 Å². The number of benzene rings is 1. The number of nitriles is 1. The van der Waals surface area contributed by atoms with Crippen molar-refractivity contribution in [2.24, 2.45) is 0 Å². The molecule has 1 aliphatic heterocycles. The third kappa shape index (κ3) is 2.07. The van der Waals surface area contributed by atoms with Crippen molar-refractivity contribution in [1.82, 2.24) is 4.90 Å². The summed E-state index contributed by atoms with van der Waals surface area (Å²) in [6.45, 7) is 6.49. The first-order valence-corrected chi connectivity index (χ1v) is 5.93. The van der Waals surface area contributed by atoms with Gasteiger partial charge in [0.25, 0.3) is 0 Å². The summed E-state index contributed by atoms with van der Waals surface area (Å²) in [5.41, 5.74) is 1.87. The van der Waals surface area contributed by atoms with Gasteiger partial charge in [0.15, 0.2) is 0 Å². The number of rotatable bonds is 2. The molecular weight excluding hydrogens is 220 g/mol. The van der Waals surface area contributed by atoms with Gasteiger partial charge in [-0.25, -0.2) is 0 Å². The van der Waals surface area contributed by atoms with E-state index in [2.05, 4.69) is 24.8 Å². The van der Waals surface area contributed by atoms with Crippen LogP contribution in [0.3, 0.4) is 0 Å². The smallest absolute Gasteiger partial charge is 0.0995 e. The highest BCUT2D eigenvalue weighted by molar-refractivity contribution is 6.30. The molecule has 0 radical (unpaired) electrons. The minimum absolute atomic E-state index is 0.495. The van der Waals surface area contributed by atoms with Crippen LogP contribution in [0, 0.1) is 11.3 Å². The fraction of sp³-hybridized carbons (Fsp3) is 0.462. The van der Waals surface area contributed by atoms with Crippen LogP contribution < -0.4 is 0 Å². The van der Waals surface area contributed by atoms with Crippen molar-refractivity contribution >= 4 is 11.6 Å². The van der Waals surface area contributed by atoms with Crippen molar-refractivity contribution in [2.75, 3.05) is 13.1 Å². The molecule has 1 fully saturated rings. The molecule has 0 N–H and O–H groups in total. The highest BCUT2D eigenvalue weighted by Gasteiger charge is 2.30. The van der Waals surface area contributed by atoms with Crippen molar-refractivity contribution in [1.29, 1.82) is 5.26 Å². The van der Waals surface area contributed by atoms with Gasteiger partial charge in [-0.05, 0) is 31.5 Å². The van der Waals surface area contributed by atoms with Crippen molar-refractivity contribution in [2.45, 2.75) is 25.8 Å². The van der Waals surface area contributed by atoms with Crippen molar-refractivity contribution < 1.29 is 0 Å². The Labute approximate surface area is 101 Å². The molecule has 1 aromatic rings. The topological polar surface area (TPSA) is 27.0 Å². The molecular formula is C13H15ClN2. The van der Waals surface area contributed by atoms with E-state index in [0.717, 1.165) is 24.2 Å². The van der Waals surface area contributed by atoms with E-state index >= 15 is 0 Å². The average Bonchev–Trinajstić information content (AvgIpc) is 2.17. The molecule has 2 rings (SSSR count). The second-order valence-electron chi connectivity index (χ2n) is 4.59. The standard InChI is InChI=1S/C13H15ClN2/c1-9(2)16-7-11(8-16)13-4-3-12(14)5-10(13)6-15/h3-5,9,11H,7-8H2,1-2H3. The van der Waals surface area contributed by atoms with Crippen LogP contribution in [0.1, 0.15) is 30.9 Å². The van der Waals surface area contributed by atoms with Gasteiger partial charge >= 0.3 is 0 Å². The second kappa shape index (κ2) is 4.45. The summed E-state index contributed by atoms with van der Waals surface area (Å²) in [6, 6.07) is 8.44. The summed E-state index contributed by atoms with van der Waals surface area (Å²) in [4.78, 5) is 2.40. The van der Waals surface area contributed by atoms with Crippen LogP contribution in [-0.2, 0) is 0 Å². The molecule has 84 valence electrons. The van der Waals surface area contributed by atoms with E-state index in [-0.39, 0.29) is 0 Å². The van der Waals surface area contributed by atoms with Gasteiger partial charge in [0.2, 0.25) is 0 Å². The van der Waals surface area contributed by atoms with Gasteiger partial charge in [-0.3, -0.25) is 4.90 Å². The Bertz CT molecular complexity index is 428. The molecule has 0 aliphatic carbocycles. The van der Waals surface area contributed by atoms with Gasteiger partial charge in [-0.2, -0.15) is 5.26 Å². The highest BCUT2D eigenvalue weighted by Crippen LogP contribution is 2.31. The largest absolute Gasteiger partial charge is 0.300 e. The zero-order valence-electron chi connectivity index (χ0n) is 9.57. The third-order valence-electron chi connectivity index (χ3n) is 3.22. The Balaban J connectivity index is 2.15. The summed E-state index contributed by atoms with van der Waals surface area (Å²) in [5, 5.41) is 9.70. The number of hydrogen-bond acceptors (Lipinski definition) is 2. The average molecular weight is 235 g/mol. The Morgan fingerprint density at radius 1 is 1.44 bits per heavy atom. The van der Waals surface area contributed by atoms with Crippen LogP contribution in [0.2, 0.25) is 5.02 Å². The monoisotopic (exact) mass is 234 g/mol. The number of halogens is 1. The molecule has 0 saturated carbocycles. The number of hydrogen-bond donors (Lipinski definition) is 0. The lowest BCUT2D eigenvalue weighted by molar-refractivity contribution is 0.110. The van der Waals surface area contributed by atoms with Crippen LogP contribution in [-0.4, -0.2) is 24.0 Å². The summed E-state index contributed by atoms with van der Waals surface area (Å²) in [6.07, 6.45) is 0. The summed E-state index contributed by atoms with van der Waals surface area (Å²) in [7, 11) is 0. The first-order valence-electron chi connectivity index (χ1n) is 5.55. The minimum Gasteiger partial charge on any atom is -0.300 e. The fourth-order valence-corrected chi connectivity index (χ4v) is 2.28. The molecule has 0 unspecified atom stereocenters. The van der Waals surface area contributed by atoms with Crippen molar-refractivity contribution in [3.8, 4) is 6.07 Å². The zero-order chi connectivity index (χ0) is 11.7. The van der Waals surface area contributed by atoms with Gasteiger partial charge in [-0.1, -0.05) is 17.7 Å². The van der Waals surface area contributed by atoms with Crippen LogP contribution in [0.15, 0.2) is 18.2 Å². The summed E-state index contributed by atoms with van der Waals surface area (Å²) >= 11 is 5.88. The fourth-order valence-electron chi connectivity index (χ4n) is 2.11. The van der Waals surface area contributed by atoms with Crippen LogP contribution in [0.4, 0.5) is 0 Å². The number of nitrogens with zero attached hydrogens (tertiary/aromatic N) is 2. The molecule has 2 nitrogen and oxygen atoms in total. The lowest BCUT2D eigenvalue weighted by atomic mass is 9.87. The lowest BCUT2D eigenvalue weighted by Gasteiger charge is -2.42. The van der Waals surface area contributed by atoms with Gasteiger partial charge in [0, 0.05) is 30.1 Å². The molecule has 0 spiro atoms. The molecule has 1 saturated heterocycles. The predicted molar refractivity (Wildman–Crippen MR) is 65.6 cm³/mol. The Morgan fingerprint density at radius 3 is 2.69 bits per heavy atom. The van der Waals surface area contributed by atoms with Crippen molar-refractivity contribution in [3.05, 3.63) is 34.3 Å². The molecule has 0 amide bonds. The van der Waals surface area contributed by atoms with Gasteiger partial charge in [-0.15, -0.1) is 0 Å². The summed E-state index contributed by atoms with van der Waals surface area (Å²) < 4.78 is 0. The minimum atomic E-state index is 0.495. The van der Waals surface area contributed by atoms with Crippen LogP contribution in [0.5, 0.6) is 0 Å². The van der Waals surface area contributed by atoms with E-state index in [1.54, 1.807) is 6.07 Å². The molecule has 3 heteroatoms. The SMILES string of the molecule is CC(C)N1CC(c2ccc(Cl)cc2C#N)C1. The molecule has 1 aliphatic rings. The molecule has 1 heterocycles. The van der Waals surface area contributed by atoms with E-state index in [1.165, 1.54) is 0 Å². The van der Waals surface area contributed by atoms with E-state index in [0.29, 0.717) is 17.0 Å². The van der Waals surface area contributed by atoms with E-state index < -0.39 is 0 Å². The second-order valence-corrected chi connectivity index (χ2v) is 5.02. The van der Waals surface area contributed by atoms with Crippen LogP contribution >= 0.6 is 11.6 Å². The van der Waals surface area contributed by atoms with E-state index in [4.69, 9.17) is 16.9 Å². The lowest BCUT2D eigenvalue weighted by Crippen LogP contribution is -2.48. The first kappa shape index (κ1) is 11.4. The van der Waals surface area contributed by atoms with E-state index in [9.17, 15) is 0 Å². The Hall–Kier alpha value is -1.04. The molecule has 16 heavy (non-hydrogen) atoms. The maximum atomic E-state index is 9.06. The van der Waals surface area contributed by atoms with Gasteiger partial charge < -0.3 is 0 Å². The first-order chi connectivity index (χ1) is 7.61. The Morgan fingerprint density at radius 2 is 2.12 bits per heavy atom. The highest BCUT2D eigenvalue weighted by atomic mass is 35.5. The van der Waals surface area contributed by atoms with E-state index in [1.807, 2.05) is 12.1 Å². The maximum Gasteiger partial charge on any atom is 0.0995 e. The molecule has 0 aromatic heterocycles. The molecule has 1 aromatic carbocycles. The predicted octanol–water partition coefficient (Wildman–Crippen LogP) is 3.02. The molecule has 0 bridgehead atoms.